The molecule has 2 aliphatic rings. The largest absolute Gasteiger partial charge is 0.342 e. The third-order valence-corrected chi connectivity index (χ3v) is 4.99. The van der Waals surface area contributed by atoms with E-state index < -0.39 is 0 Å². The zero-order chi connectivity index (χ0) is 15.4. The summed E-state index contributed by atoms with van der Waals surface area (Å²) >= 11 is 0. The molecule has 120 valence electrons. The summed E-state index contributed by atoms with van der Waals surface area (Å²) in [6, 6.07) is 6.89. The Balaban J connectivity index is 1.48. The summed E-state index contributed by atoms with van der Waals surface area (Å²) in [5.41, 5.74) is 1.07. The SMILES string of the molecule is O=C(C1CCCNC1)N1CCC(Cc2cccc(F)c2)CC1. The summed E-state index contributed by atoms with van der Waals surface area (Å²) in [7, 11) is 0. The number of hydrogen-bond acceptors (Lipinski definition) is 2. The summed E-state index contributed by atoms with van der Waals surface area (Å²) in [5, 5.41) is 3.32. The third-order valence-electron chi connectivity index (χ3n) is 4.99. The first-order valence-corrected chi connectivity index (χ1v) is 8.46. The van der Waals surface area contributed by atoms with Crippen molar-refractivity contribution in [2.45, 2.75) is 32.1 Å². The second-order valence-corrected chi connectivity index (χ2v) is 6.65. The zero-order valence-electron chi connectivity index (χ0n) is 13.1. The molecular formula is C18H25FN2O. The predicted octanol–water partition coefficient (Wildman–Crippen LogP) is 2.61. The van der Waals surface area contributed by atoms with Crippen LogP contribution in [0, 0.1) is 17.7 Å². The smallest absolute Gasteiger partial charge is 0.226 e. The van der Waals surface area contributed by atoms with Gasteiger partial charge in [-0.2, -0.15) is 0 Å². The van der Waals surface area contributed by atoms with Gasteiger partial charge in [0.05, 0.1) is 5.92 Å². The molecule has 22 heavy (non-hydrogen) atoms. The van der Waals surface area contributed by atoms with E-state index >= 15 is 0 Å². The van der Waals surface area contributed by atoms with Crippen molar-refractivity contribution in [2.75, 3.05) is 26.2 Å². The number of piperidine rings is 2. The van der Waals surface area contributed by atoms with Gasteiger partial charge in [0, 0.05) is 19.6 Å². The van der Waals surface area contributed by atoms with Crippen LogP contribution < -0.4 is 5.32 Å². The molecule has 3 nitrogen and oxygen atoms in total. The fraction of sp³-hybridized carbons (Fsp3) is 0.611. The summed E-state index contributed by atoms with van der Waals surface area (Å²) in [6.45, 7) is 3.59. The Labute approximate surface area is 131 Å². The van der Waals surface area contributed by atoms with E-state index in [-0.39, 0.29) is 11.7 Å². The van der Waals surface area contributed by atoms with Crippen molar-refractivity contribution in [2.24, 2.45) is 11.8 Å². The van der Waals surface area contributed by atoms with Crippen LogP contribution in [0.25, 0.3) is 0 Å². The first-order valence-electron chi connectivity index (χ1n) is 8.46. The quantitative estimate of drug-likeness (QED) is 0.931. The third kappa shape index (κ3) is 3.86. The van der Waals surface area contributed by atoms with Crippen LogP contribution in [0.1, 0.15) is 31.2 Å². The number of rotatable bonds is 3. The van der Waals surface area contributed by atoms with E-state index in [1.54, 1.807) is 12.1 Å². The lowest BCUT2D eigenvalue weighted by atomic mass is 9.89. The maximum atomic E-state index is 13.2. The average molecular weight is 304 g/mol. The van der Waals surface area contributed by atoms with Crippen molar-refractivity contribution in [3.05, 3.63) is 35.6 Å². The molecule has 0 bridgehead atoms. The van der Waals surface area contributed by atoms with Gasteiger partial charge in [0.15, 0.2) is 0 Å². The van der Waals surface area contributed by atoms with Crippen molar-refractivity contribution in [1.82, 2.24) is 10.2 Å². The van der Waals surface area contributed by atoms with E-state index in [0.29, 0.717) is 11.8 Å². The second-order valence-electron chi connectivity index (χ2n) is 6.65. The molecule has 0 radical (unpaired) electrons. The van der Waals surface area contributed by atoms with Crippen LogP contribution in [-0.4, -0.2) is 37.0 Å². The normalized spacial score (nSPS) is 23.5. The molecule has 0 saturated carbocycles. The Hall–Kier alpha value is -1.42. The molecule has 1 atom stereocenters. The Morgan fingerprint density at radius 3 is 2.77 bits per heavy atom. The molecule has 1 aromatic carbocycles. The van der Waals surface area contributed by atoms with E-state index in [0.717, 1.165) is 63.8 Å². The fourth-order valence-corrected chi connectivity index (χ4v) is 3.68. The first-order chi connectivity index (χ1) is 10.7. The maximum absolute atomic E-state index is 13.2. The molecule has 1 amide bonds. The lowest BCUT2D eigenvalue weighted by Crippen LogP contribution is -2.46. The number of hydrogen-bond donors (Lipinski definition) is 1. The molecule has 3 rings (SSSR count). The van der Waals surface area contributed by atoms with Gasteiger partial charge in [0.25, 0.3) is 0 Å². The van der Waals surface area contributed by atoms with Crippen molar-refractivity contribution in [1.29, 1.82) is 0 Å². The highest BCUT2D eigenvalue weighted by molar-refractivity contribution is 5.79. The summed E-state index contributed by atoms with van der Waals surface area (Å²) in [4.78, 5) is 14.5. The molecular weight excluding hydrogens is 279 g/mol. The average Bonchev–Trinajstić information content (AvgIpc) is 2.56. The van der Waals surface area contributed by atoms with Gasteiger partial charge in [0.2, 0.25) is 5.91 Å². The molecule has 2 heterocycles. The molecule has 1 aromatic rings. The number of carbonyl (C=O) groups excluding carboxylic acids is 1. The molecule has 2 aliphatic heterocycles. The lowest BCUT2D eigenvalue weighted by molar-refractivity contribution is -0.137. The molecule has 4 heteroatoms. The van der Waals surface area contributed by atoms with Gasteiger partial charge in [-0.1, -0.05) is 12.1 Å². The fourth-order valence-electron chi connectivity index (χ4n) is 3.68. The van der Waals surface area contributed by atoms with Crippen LogP contribution in [0.2, 0.25) is 0 Å². The van der Waals surface area contributed by atoms with Gasteiger partial charge in [-0.05, 0) is 62.3 Å². The Kier molecular flexibility index (Phi) is 5.08. The summed E-state index contributed by atoms with van der Waals surface area (Å²) in [5.74, 6) is 0.912. The highest BCUT2D eigenvalue weighted by atomic mass is 19.1. The Morgan fingerprint density at radius 2 is 2.09 bits per heavy atom. The number of benzene rings is 1. The Bertz CT molecular complexity index is 506. The van der Waals surface area contributed by atoms with Crippen molar-refractivity contribution >= 4 is 5.91 Å². The zero-order valence-corrected chi connectivity index (χ0v) is 13.1. The van der Waals surface area contributed by atoms with Crippen LogP contribution in [0.3, 0.4) is 0 Å². The highest BCUT2D eigenvalue weighted by Crippen LogP contribution is 2.24. The van der Waals surface area contributed by atoms with Crippen molar-refractivity contribution in [3.8, 4) is 0 Å². The van der Waals surface area contributed by atoms with Crippen molar-refractivity contribution in [3.63, 3.8) is 0 Å². The van der Waals surface area contributed by atoms with Crippen LogP contribution in [0.4, 0.5) is 4.39 Å². The predicted molar refractivity (Wildman–Crippen MR) is 85.0 cm³/mol. The van der Waals surface area contributed by atoms with Crippen LogP contribution in [-0.2, 0) is 11.2 Å². The number of amides is 1. The molecule has 0 spiro atoms. The lowest BCUT2D eigenvalue weighted by Gasteiger charge is -2.35. The van der Waals surface area contributed by atoms with Crippen LogP contribution >= 0.6 is 0 Å². The minimum Gasteiger partial charge on any atom is -0.342 e. The number of nitrogens with zero attached hydrogens (tertiary/aromatic N) is 1. The number of likely N-dealkylation sites (tertiary alicyclic amines) is 1. The second kappa shape index (κ2) is 7.23. The number of nitrogens with one attached hydrogen (secondary N) is 1. The monoisotopic (exact) mass is 304 g/mol. The van der Waals surface area contributed by atoms with Crippen LogP contribution in [0.15, 0.2) is 24.3 Å². The van der Waals surface area contributed by atoms with E-state index in [2.05, 4.69) is 5.32 Å². The highest BCUT2D eigenvalue weighted by Gasteiger charge is 2.29. The topological polar surface area (TPSA) is 32.3 Å². The van der Waals surface area contributed by atoms with E-state index in [4.69, 9.17) is 0 Å². The van der Waals surface area contributed by atoms with Gasteiger partial charge in [0.1, 0.15) is 5.82 Å². The number of carbonyl (C=O) groups is 1. The minimum absolute atomic E-state index is 0.157. The van der Waals surface area contributed by atoms with Crippen LogP contribution in [0.5, 0.6) is 0 Å². The molecule has 2 fully saturated rings. The van der Waals surface area contributed by atoms with Gasteiger partial charge in [-0.15, -0.1) is 0 Å². The van der Waals surface area contributed by atoms with E-state index in [1.807, 2.05) is 11.0 Å². The van der Waals surface area contributed by atoms with Gasteiger partial charge in [-0.25, -0.2) is 4.39 Å². The van der Waals surface area contributed by atoms with Gasteiger partial charge >= 0.3 is 0 Å². The maximum Gasteiger partial charge on any atom is 0.226 e. The molecule has 1 N–H and O–H groups in total. The van der Waals surface area contributed by atoms with Gasteiger partial charge < -0.3 is 10.2 Å². The van der Waals surface area contributed by atoms with Gasteiger partial charge in [-0.3, -0.25) is 4.79 Å². The molecule has 2 saturated heterocycles. The summed E-state index contributed by atoms with van der Waals surface area (Å²) < 4.78 is 13.2. The van der Waals surface area contributed by atoms with E-state index in [9.17, 15) is 9.18 Å². The number of halogens is 1. The van der Waals surface area contributed by atoms with E-state index in [1.165, 1.54) is 6.07 Å². The minimum atomic E-state index is -0.157. The molecule has 0 aliphatic carbocycles. The van der Waals surface area contributed by atoms with Crippen molar-refractivity contribution < 1.29 is 9.18 Å². The summed E-state index contributed by atoms with van der Waals surface area (Å²) in [6.07, 6.45) is 5.11. The Morgan fingerprint density at radius 1 is 1.27 bits per heavy atom. The first kappa shape index (κ1) is 15.5. The standard InChI is InChI=1S/C18H25FN2O/c19-17-5-1-3-15(12-17)11-14-6-9-21(10-7-14)18(22)16-4-2-8-20-13-16/h1,3,5,12,14,16,20H,2,4,6-11,13H2. The molecule has 1 unspecified atom stereocenters. The molecule has 0 aromatic heterocycles.